The van der Waals surface area contributed by atoms with Crippen LogP contribution in [-0.2, 0) is 57.6 Å². The number of amides is 6. The van der Waals surface area contributed by atoms with Crippen LogP contribution in [0.2, 0.25) is 0 Å². The number of phenolic OH excluding ortho intramolecular Hbond substituents is 1. The molecule has 2 aromatic carbocycles. The van der Waals surface area contributed by atoms with Crippen LogP contribution >= 0.6 is 12.6 Å². The van der Waals surface area contributed by atoms with Crippen molar-refractivity contribution < 1.29 is 53.7 Å². The number of carbonyl (C=O) groups is 8. The Hall–Kier alpha value is -6.48. The van der Waals surface area contributed by atoms with E-state index in [1.54, 1.807) is 70.2 Å². The number of hydrogen-bond acceptors (Lipinski definition) is 12. The lowest BCUT2D eigenvalue weighted by molar-refractivity contribution is -0.142. The van der Waals surface area contributed by atoms with Gasteiger partial charge < -0.3 is 57.9 Å². The minimum Gasteiger partial charge on any atom is -0.508 e. The predicted molar refractivity (Wildman–Crippen MR) is 236 cm³/mol. The van der Waals surface area contributed by atoms with Crippen LogP contribution in [0.5, 0.6) is 5.75 Å². The molecule has 1 heterocycles. The SMILES string of the molecule is CC(C)C[C@H](NC(=O)[C@H](Cc1cnc[nH]1)NC(=O)[C@H](Cc1ccc(O)cc1)NC(=O)[C@@H](N)C(C)C)C(=O)N[C@@H](CCC(=O)O)C(=O)N[C@@H](CS)C(=O)N[C@@H](Cc1ccccc1)C(=O)O. The number of aliphatic carboxylic acids is 2. The molecule has 0 unspecified atom stereocenters. The predicted octanol–water partition coefficient (Wildman–Crippen LogP) is -0.0394. The summed E-state index contributed by atoms with van der Waals surface area (Å²) in [5, 5.41) is 44.4. The summed E-state index contributed by atoms with van der Waals surface area (Å²) in [5.74, 6) is -8.43. The first kappa shape index (κ1) is 51.9. The monoisotopic (exact) mass is 909 g/mol. The van der Waals surface area contributed by atoms with E-state index in [9.17, 15) is 53.7 Å². The summed E-state index contributed by atoms with van der Waals surface area (Å²) in [6, 6.07) is 5.23. The lowest BCUT2D eigenvalue weighted by atomic mass is 10.00. The number of nitrogens with zero attached hydrogens (tertiary/aromatic N) is 1. The van der Waals surface area contributed by atoms with Crippen molar-refractivity contribution in [3.05, 3.63) is 83.9 Å². The lowest BCUT2D eigenvalue weighted by Crippen LogP contribution is -2.60. The third-order valence-corrected chi connectivity index (χ3v) is 10.3. The summed E-state index contributed by atoms with van der Waals surface area (Å²) in [5.41, 5.74) is 7.70. The van der Waals surface area contributed by atoms with Crippen molar-refractivity contribution in [2.24, 2.45) is 17.6 Å². The zero-order valence-electron chi connectivity index (χ0n) is 36.1. The largest absolute Gasteiger partial charge is 0.508 e. The first-order valence-electron chi connectivity index (χ1n) is 20.7. The van der Waals surface area contributed by atoms with Gasteiger partial charge in [-0.1, -0.05) is 70.2 Å². The number of carboxylic acids is 2. The second-order valence-electron chi connectivity index (χ2n) is 16.1. The molecule has 0 fully saturated rings. The number of carbonyl (C=O) groups excluding carboxylic acids is 6. The van der Waals surface area contributed by atoms with Crippen molar-refractivity contribution in [2.45, 2.75) is 109 Å². The molecule has 20 nitrogen and oxygen atoms in total. The molecule has 7 atom stereocenters. The van der Waals surface area contributed by atoms with Gasteiger partial charge in [0.25, 0.3) is 0 Å². The van der Waals surface area contributed by atoms with Gasteiger partial charge in [0.15, 0.2) is 0 Å². The number of nitrogens with two attached hydrogens (primary N) is 1. The number of aromatic nitrogens is 2. The second-order valence-corrected chi connectivity index (χ2v) is 16.4. The van der Waals surface area contributed by atoms with Crippen LogP contribution in [0.15, 0.2) is 67.1 Å². The second kappa shape index (κ2) is 25.6. The van der Waals surface area contributed by atoms with Gasteiger partial charge in [0.2, 0.25) is 35.4 Å². The van der Waals surface area contributed by atoms with E-state index in [0.29, 0.717) is 16.8 Å². The smallest absolute Gasteiger partial charge is 0.326 e. The molecule has 21 heteroatoms. The zero-order valence-corrected chi connectivity index (χ0v) is 37.0. The van der Waals surface area contributed by atoms with E-state index in [-0.39, 0.29) is 49.0 Å². The molecule has 64 heavy (non-hydrogen) atoms. The quantitative estimate of drug-likeness (QED) is 0.0472. The van der Waals surface area contributed by atoms with Crippen LogP contribution in [0.3, 0.4) is 0 Å². The Morgan fingerprint density at radius 1 is 0.641 bits per heavy atom. The highest BCUT2D eigenvalue weighted by atomic mass is 32.1. The molecule has 0 aliphatic rings. The summed E-state index contributed by atoms with van der Waals surface area (Å²) in [6.07, 6.45) is 1.52. The highest BCUT2D eigenvalue weighted by Crippen LogP contribution is 2.14. The third kappa shape index (κ3) is 17.4. The van der Waals surface area contributed by atoms with Crippen molar-refractivity contribution in [2.75, 3.05) is 5.75 Å². The number of aromatic hydroxyl groups is 1. The molecule has 0 aliphatic carbocycles. The van der Waals surface area contributed by atoms with Crippen molar-refractivity contribution >= 4 is 60.0 Å². The van der Waals surface area contributed by atoms with Gasteiger partial charge >= 0.3 is 11.9 Å². The maximum Gasteiger partial charge on any atom is 0.326 e. The van der Waals surface area contributed by atoms with Crippen molar-refractivity contribution in [3.8, 4) is 5.75 Å². The Bertz CT molecular complexity index is 2040. The fraction of sp³-hybridized carbons (Fsp3) is 0.465. The van der Waals surface area contributed by atoms with Crippen molar-refractivity contribution in [3.63, 3.8) is 0 Å². The number of benzene rings is 2. The van der Waals surface area contributed by atoms with E-state index in [2.05, 4.69) is 54.5 Å². The molecule has 0 aliphatic heterocycles. The summed E-state index contributed by atoms with van der Waals surface area (Å²) < 4.78 is 0. The average molecular weight is 910 g/mol. The molecular weight excluding hydrogens is 851 g/mol. The van der Waals surface area contributed by atoms with E-state index < -0.39 is 103 Å². The number of thiol groups is 1. The zero-order chi connectivity index (χ0) is 47.5. The molecule has 0 spiro atoms. The van der Waals surface area contributed by atoms with Gasteiger partial charge in [0, 0.05) is 43.3 Å². The maximum absolute atomic E-state index is 14.2. The van der Waals surface area contributed by atoms with E-state index >= 15 is 0 Å². The molecule has 0 radical (unpaired) electrons. The fourth-order valence-electron chi connectivity index (χ4n) is 6.32. The molecule has 0 saturated heterocycles. The van der Waals surface area contributed by atoms with Crippen molar-refractivity contribution in [1.29, 1.82) is 0 Å². The highest BCUT2D eigenvalue weighted by Gasteiger charge is 2.34. The molecule has 12 N–H and O–H groups in total. The van der Waals surface area contributed by atoms with Crippen LogP contribution in [0.1, 0.15) is 63.8 Å². The Morgan fingerprint density at radius 2 is 1.12 bits per heavy atom. The normalized spacial score (nSPS) is 14.4. The summed E-state index contributed by atoms with van der Waals surface area (Å²) in [4.78, 5) is 113. The fourth-order valence-corrected chi connectivity index (χ4v) is 6.58. The van der Waals surface area contributed by atoms with Crippen LogP contribution in [-0.4, -0.2) is 121 Å². The Kier molecular flexibility index (Phi) is 20.7. The number of H-pyrrole nitrogens is 1. The van der Waals surface area contributed by atoms with Gasteiger partial charge in [-0.05, 0) is 47.9 Å². The van der Waals surface area contributed by atoms with Crippen molar-refractivity contribution in [1.82, 2.24) is 41.9 Å². The van der Waals surface area contributed by atoms with E-state index in [0.717, 1.165) is 0 Å². The molecule has 348 valence electrons. The van der Waals surface area contributed by atoms with Gasteiger partial charge in [0.05, 0.1) is 12.4 Å². The molecular formula is C43H59N9O11S. The standard InChI is InChI=1S/C43H59N9O11S/c1-23(2)16-30(38(57)47-29(14-15-35(54)55)37(56)52-34(21-64)41(60)51-33(43(62)63)18-25-8-6-5-7-9-25)48-40(59)32(19-27-20-45-22-46-27)49-39(58)31(50-42(61)36(44)24(3)4)17-26-10-12-28(53)13-11-26/h5-13,20,22-24,29-34,36,53,64H,14-19,21,44H2,1-4H3,(H,45,46)(H,47,57)(H,48,59)(H,49,58)(H,50,61)(H,51,60)(H,52,56)(H,54,55)(H,62,63)/t29-,30-,31-,32-,33-,34-,36-/m0/s1. The molecule has 0 bridgehead atoms. The maximum atomic E-state index is 14.2. The molecule has 3 aromatic rings. The summed E-state index contributed by atoms with van der Waals surface area (Å²) in [6.45, 7) is 7.00. The number of phenols is 1. The van der Waals surface area contributed by atoms with Gasteiger partial charge in [-0.2, -0.15) is 12.6 Å². The summed E-state index contributed by atoms with van der Waals surface area (Å²) >= 11 is 4.16. The van der Waals surface area contributed by atoms with E-state index in [1.165, 1.54) is 24.7 Å². The highest BCUT2D eigenvalue weighted by molar-refractivity contribution is 7.80. The number of aromatic amines is 1. The number of hydrogen-bond donors (Lipinski definition) is 12. The van der Waals surface area contributed by atoms with Crippen LogP contribution in [0, 0.1) is 11.8 Å². The van der Waals surface area contributed by atoms with Crippen LogP contribution in [0.25, 0.3) is 0 Å². The van der Waals surface area contributed by atoms with Crippen LogP contribution < -0.4 is 37.6 Å². The first-order valence-corrected chi connectivity index (χ1v) is 21.3. The number of imidazole rings is 1. The lowest BCUT2D eigenvalue weighted by Gasteiger charge is -2.28. The minimum absolute atomic E-state index is 0.0157. The average Bonchev–Trinajstić information content (AvgIpc) is 3.76. The summed E-state index contributed by atoms with van der Waals surface area (Å²) in [7, 11) is 0. The van der Waals surface area contributed by atoms with Gasteiger partial charge in [0.1, 0.15) is 42.0 Å². The van der Waals surface area contributed by atoms with Gasteiger partial charge in [-0.25, -0.2) is 9.78 Å². The molecule has 3 rings (SSSR count). The third-order valence-electron chi connectivity index (χ3n) is 9.97. The van der Waals surface area contributed by atoms with Crippen LogP contribution in [0.4, 0.5) is 0 Å². The Labute approximate surface area is 376 Å². The Morgan fingerprint density at radius 3 is 1.67 bits per heavy atom. The number of rotatable bonds is 26. The van der Waals surface area contributed by atoms with Gasteiger partial charge in [-0.3, -0.25) is 33.6 Å². The number of carboxylic acid groups (broad SMARTS) is 2. The molecule has 1 aromatic heterocycles. The minimum atomic E-state index is -1.55. The Balaban J connectivity index is 1.85. The topological polar surface area (TPSA) is 324 Å². The van der Waals surface area contributed by atoms with E-state index in [4.69, 9.17) is 5.73 Å². The first-order chi connectivity index (χ1) is 30.3. The number of nitrogens with one attached hydrogen (secondary N) is 7. The molecule has 6 amide bonds. The molecule has 0 saturated carbocycles. The van der Waals surface area contributed by atoms with Gasteiger partial charge in [-0.15, -0.1) is 0 Å². The van der Waals surface area contributed by atoms with E-state index in [1.807, 2.05) is 0 Å².